The van der Waals surface area contributed by atoms with Crippen molar-refractivity contribution in [2.45, 2.75) is 26.4 Å². The summed E-state index contributed by atoms with van der Waals surface area (Å²) in [6.07, 6.45) is 1.12. The van der Waals surface area contributed by atoms with Crippen LogP contribution in [0, 0.1) is 0 Å². The van der Waals surface area contributed by atoms with Crippen molar-refractivity contribution in [3.8, 4) is 0 Å². The van der Waals surface area contributed by atoms with Gasteiger partial charge < -0.3 is 9.76 Å². The van der Waals surface area contributed by atoms with Crippen molar-refractivity contribution in [1.29, 1.82) is 0 Å². The highest BCUT2D eigenvalue weighted by molar-refractivity contribution is 6.50. The third kappa shape index (κ3) is 2.41. The van der Waals surface area contributed by atoms with Crippen LogP contribution in [0.1, 0.15) is 20.8 Å². The van der Waals surface area contributed by atoms with Crippen molar-refractivity contribution in [3.05, 3.63) is 30.5 Å². The number of para-hydroxylation sites is 1. The fourth-order valence-corrected chi connectivity index (χ4v) is 1.77. The highest BCUT2D eigenvalue weighted by atomic mass is 16.6. The van der Waals surface area contributed by atoms with Gasteiger partial charge in [0.2, 0.25) is 0 Å². The molecule has 2 aromatic rings. The largest absolute Gasteiger partial charge is 0.450 e. The van der Waals surface area contributed by atoms with Crippen LogP contribution in [0.2, 0.25) is 0 Å². The number of carbonyl (C=O) groups is 1. The predicted molar refractivity (Wildman–Crippen MR) is 71.2 cm³/mol. The molecule has 0 atom stereocenters. The van der Waals surface area contributed by atoms with Crippen LogP contribution < -0.4 is 5.46 Å². The molecule has 93 valence electrons. The molecule has 0 unspecified atom stereocenters. The molecule has 1 radical (unpaired) electrons. The Hall–Kier alpha value is -1.75. The standard InChI is InChI=1S/C13H15BNO3/c1-13(2,3)18-12(16)15-8-10(14-17)9-6-4-5-7-11(9)15/h4-8,17H,1-3H3. The highest BCUT2D eigenvalue weighted by Gasteiger charge is 2.20. The number of hydrogen-bond acceptors (Lipinski definition) is 3. The molecule has 0 aliphatic rings. The molecule has 0 fully saturated rings. The quantitative estimate of drug-likeness (QED) is 0.776. The lowest BCUT2D eigenvalue weighted by Gasteiger charge is -2.19. The summed E-state index contributed by atoms with van der Waals surface area (Å²) < 4.78 is 6.72. The molecule has 1 aromatic carbocycles. The van der Waals surface area contributed by atoms with Gasteiger partial charge in [-0.05, 0) is 37.7 Å². The molecule has 4 nitrogen and oxygen atoms in total. The van der Waals surface area contributed by atoms with Crippen molar-refractivity contribution in [2.24, 2.45) is 0 Å². The van der Waals surface area contributed by atoms with Crippen molar-refractivity contribution in [3.63, 3.8) is 0 Å². The Balaban J connectivity index is 2.48. The molecule has 0 aliphatic carbocycles. The minimum absolute atomic E-state index is 0.452. The molecule has 5 heteroatoms. The molecule has 0 saturated heterocycles. The second kappa shape index (κ2) is 4.50. The second-order valence-electron chi connectivity index (χ2n) is 5.08. The first-order valence-electron chi connectivity index (χ1n) is 5.73. The third-order valence-corrected chi connectivity index (χ3v) is 2.47. The first-order chi connectivity index (χ1) is 8.42. The molecule has 0 amide bonds. The minimum Gasteiger partial charge on any atom is -0.450 e. The fourth-order valence-electron chi connectivity index (χ4n) is 1.77. The zero-order valence-corrected chi connectivity index (χ0v) is 10.7. The summed E-state index contributed by atoms with van der Waals surface area (Å²) in [5.74, 6) is 0. The summed E-state index contributed by atoms with van der Waals surface area (Å²) in [5.41, 5.74) is 0.759. The van der Waals surface area contributed by atoms with Crippen molar-refractivity contribution in [1.82, 2.24) is 4.57 Å². The van der Waals surface area contributed by atoms with Gasteiger partial charge in [-0.15, -0.1) is 0 Å². The summed E-state index contributed by atoms with van der Waals surface area (Å²) in [5, 5.41) is 9.98. The molecule has 0 aliphatic heterocycles. The summed E-state index contributed by atoms with van der Waals surface area (Å²) in [6, 6.07) is 7.35. The molecular formula is C13H15BNO3. The molecule has 0 spiro atoms. The number of benzene rings is 1. The highest BCUT2D eigenvalue weighted by Crippen LogP contribution is 2.16. The van der Waals surface area contributed by atoms with E-state index >= 15 is 0 Å². The average molecular weight is 244 g/mol. The zero-order valence-electron chi connectivity index (χ0n) is 10.7. The topological polar surface area (TPSA) is 51.5 Å². The Labute approximate surface area is 106 Å². The van der Waals surface area contributed by atoms with E-state index in [1.165, 1.54) is 4.57 Å². The van der Waals surface area contributed by atoms with Crippen LogP contribution >= 0.6 is 0 Å². The van der Waals surface area contributed by atoms with Gasteiger partial charge in [-0.2, -0.15) is 0 Å². The number of aromatic nitrogens is 1. The fraction of sp³-hybridized carbons (Fsp3) is 0.308. The Kier molecular flexibility index (Phi) is 3.17. The predicted octanol–water partition coefficient (Wildman–Crippen LogP) is 1.66. The summed E-state index contributed by atoms with van der Waals surface area (Å²) >= 11 is 0. The van der Waals surface area contributed by atoms with E-state index < -0.39 is 11.7 Å². The molecule has 18 heavy (non-hydrogen) atoms. The Morgan fingerprint density at radius 1 is 1.33 bits per heavy atom. The van der Waals surface area contributed by atoms with Gasteiger partial charge in [0.05, 0.1) is 5.52 Å². The van der Waals surface area contributed by atoms with Gasteiger partial charge in [0.25, 0.3) is 0 Å². The van der Waals surface area contributed by atoms with Gasteiger partial charge >= 0.3 is 13.6 Å². The van der Waals surface area contributed by atoms with Crippen molar-refractivity contribution in [2.75, 3.05) is 0 Å². The van der Waals surface area contributed by atoms with Gasteiger partial charge in [-0.3, -0.25) is 4.57 Å². The van der Waals surface area contributed by atoms with Gasteiger partial charge in [-0.25, -0.2) is 4.79 Å². The van der Waals surface area contributed by atoms with E-state index in [-0.39, 0.29) is 0 Å². The number of nitrogens with zero attached hydrogens (tertiary/aromatic N) is 1. The SMILES string of the molecule is CC(C)(C)OC(=O)n1cc([B]O)c2ccccc21. The lowest BCUT2D eigenvalue weighted by molar-refractivity contribution is 0.0544. The van der Waals surface area contributed by atoms with Gasteiger partial charge in [0.15, 0.2) is 0 Å². The maximum absolute atomic E-state index is 12.0. The minimum atomic E-state index is -0.550. The summed E-state index contributed by atoms with van der Waals surface area (Å²) in [6.45, 7) is 5.45. The number of rotatable bonds is 1. The maximum Gasteiger partial charge on any atom is 0.418 e. The van der Waals surface area contributed by atoms with Crippen LogP contribution in [-0.4, -0.2) is 28.8 Å². The molecule has 1 N–H and O–H groups in total. The molecule has 0 bridgehead atoms. The van der Waals surface area contributed by atoms with E-state index in [0.29, 0.717) is 11.0 Å². The van der Waals surface area contributed by atoms with Crippen molar-refractivity contribution < 1.29 is 14.6 Å². The van der Waals surface area contributed by atoms with Crippen LogP contribution in [0.3, 0.4) is 0 Å². The average Bonchev–Trinajstić information content (AvgIpc) is 2.65. The number of hydrogen-bond donors (Lipinski definition) is 1. The Morgan fingerprint density at radius 2 is 2.00 bits per heavy atom. The van der Waals surface area contributed by atoms with E-state index in [1.807, 2.05) is 45.0 Å². The van der Waals surface area contributed by atoms with E-state index in [2.05, 4.69) is 0 Å². The lowest BCUT2D eigenvalue weighted by atomic mass is 9.89. The van der Waals surface area contributed by atoms with Crippen LogP contribution in [0.4, 0.5) is 4.79 Å². The normalized spacial score (nSPS) is 11.6. The van der Waals surface area contributed by atoms with Crippen LogP contribution in [0.25, 0.3) is 10.9 Å². The Morgan fingerprint density at radius 3 is 2.61 bits per heavy atom. The van der Waals surface area contributed by atoms with Crippen LogP contribution in [0.5, 0.6) is 0 Å². The van der Waals surface area contributed by atoms with Crippen LogP contribution in [0.15, 0.2) is 30.5 Å². The van der Waals surface area contributed by atoms with E-state index in [1.54, 1.807) is 6.20 Å². The van der Waals surface area contributed by atoms with E-state index in [4.69, 9.17) is 4.74 Å². The van der Waals surface area contributed by atoms with Gasteiger partial charge in [-0.1, -0.05) is 18.2 Å². The summed E-state index contributed by atoms with van der Waals surface area (Å²) in [7, 11) is 0.989. The van der Waals surface area contributed by atoms with Crippen LogP contribution in [-0.2, 0) is 4.74 Å². The van der Waals surface area contributed by atoms with Crippen molar-refractivity contribution >= 4 is 29.9 Å². The van der Waals surface area contributed by atoms with E-state index in [9.17, 15) is 9.82 Å². The maximum atomic E-state index is 12.0. The zero-order chi connectivity index (χ0) is 13.3. The molecule has 1 aromatic heterocycles. The number of fused-ring (bicyclic) bond motifs is 1. The third-order valence-electron chi connectivity index (χ3n) is 2.47. The smallest absolute Gasteiger partial charge is 0.418 e. The van der Waals surface area contributed by atoms with Gasteiger partial charge in [0.1, 0.15) is 5.60 Å². The molecule has 2 rings (SSSR count). The molecule has 1 heterocycles. The van der Waals surface area contributed by atoms with Gasteiger partial charge in [0, 0.05) is 6.20 Å². The molecule has 0 saturated carbocycles. The Bertz CT molecular complexity index is 583. The number of ether oxygens (including phenoxy) is 1. The van der Waals surface area contributed by atoms with E-state index in [0.717, 1.165) is 12.9 Å². The number of carbonyl (C=O) groups excluding carboxylic acids is 1. The first kappa shape index (κ1) is 12.7. The second-order valence-corrected chi connectivity index (χ2v) is 5.08. The molecular weight excluding hydrogens is 229 g/mol. The lowest BCUT2D eigenvalue weighted by Crippen LogP contribution is -2.27. The first-order valence-corrected chi connectivity index (χ1v) is 5.73. The summed E-state index contributed by atoms with van der Waals surface area (Å²) in [4.78, 5) is 12.0. The monoisotopic (exact) mass is 244 g/mol.